The SMILES string of the molecule is COC(OC)c1ccc(C2CCCN2)cc1. The third-order valence-corrected chi connectivity index (χ3v) is 3.10. The third kappa shape index (κ3) is 2.43. The van der Waals surface area contributed by atoms with Gasteiger partial charge in [-0.05, 0) is 24.9 Å². The van der Waals surface area contributed by atoms with Crippen molar-refractivity contribution in [2.24, 2.45) is 0 Å². The normalized spacial score (nSPS) is 20.6. The predicted molar refractivity (Wildman–Crippen MR) is 63.2 cm³/mol. The molecule has 16 heavy (non-hydrogen) atoms. The maximum atomic E-state index is 5.21. The Balaban J connectivity index is 2.09. The highest BCUT2D eigenvalue weighted by Gasteiger charge is 2.16. The molecule has 0 saturated carbocycles. The number of hydrogen-bond donors (Lipinski definition) is 1. The summed E-state index contributed by atoms with van der Waals surface area (Å²) >= 11 is 0. The lowest BCUT2D eigenvalue weighted by Crippen LogP contribution is -2.13. The van der Waals surface area contributed by atoms with Crippen LogP contribution in [0.25, 0.3) is 0 Å². The molecule has 0 aliphatic carbocycles. The van der Waals surface area contributed by atoms with Crippen LogP contribution >= 0.6 is 0 Å². The molecule has 0 aromatic heterocycles. The van der Waals surface area contributed by atoms with Crippen molar-refractivity contribution in [1.82, 2.24) is 5.32 Å². The second-order valence-electron chi connectivity index (χ2n) is 4.12. The summed E-state index contributed by atoms with van der Waals surface area (Å²) in [6.07, 6.45) is 2.24. The Morgan fingerprint density at radius 2 is 1.88 bits per heavy atom. The molecule has 0 radical (unpaired) electrons. The molecule has 88 valence electrons. The topological polar surface area (TPSA) is 30.5 Å². The highest BCUT2D eigenvalue weighted by molar-refractivity contribution is 5.26. The lowest BCUT2D eigenvalue weighted by molar-refractivity contribution is -0.106. The van der Waals surface area contributed by atoms with Crippen LogP contribution in [-0.2, 0) is 9.47 Å². The Kier molecular flexibility index (Phi) is 3.93. The van der Waals surface area contributed by atoms with Crippen molar-refractivity contribution in [2.75, 3.05) is 20.8 Å². The van der Waals surface area contributed by atoms with Crippen molar-refractivity contribution in [3.8, 4) is 0 Å². The molecule has 3 nitrogen and oxygen atoms in total. The average Bonchev–Trinajstić information content (AvgIpc) is 2.85. The van der Waals surface area contributed by atoms with Crippen LogP contribution in [-0.4, -0.2) is 20.8 Å². The van der Waals surface area contributed by atoms with Crippen LogP contribution in [0.1, 0.15) is 36.3 Å². The van der Waals surface area contributed by atoms with E-state index in [1.165, 1.54) is 18.4 Å². The Hall–Kier alpha value is -0.900. The van der Waals surface area contributed by atoms with Crippen LogP contribution in [0.2, 0.25) is 0 Å². The van der Waals surface area contributed by atoms with Gasteiger partial charge in [0.05, 0.1) is 0 Å². The summed E-state index contributed by atoms with van der Waals surface area (Å²) in [4.78, 5) is 0. The van der Waals surface area contributed by atoms with Gasteiger partial charge < -0.3 is 14.8 Å². The molecule has 1 atom stereocenters. The van der Waals surface area contributed by atoms with Gasteiger partial charge in [-0.15, -0.1) is 0 Å². The van der Waals surface area contributed by atoms with E-state index in [9.17, 15) is 0 Å². The second kappa shape index (κ2) is 5.43. The fourth-order valence-corrected chi connectivity index (χ4v) is 2.22. The fourth-order valence-electron chi connectivity index (χ4n) is 2.22. The van der Waals surface area contributed by atoms with E-state index in [0.717, 1.165) is 12.1 Å². The van der Waals surface area contributed by atoms with E-state index in [2.05, 4.69) is 29.6 Å². The minimum atomic E-state index is -0.259. The summed E-state index contributed by atoms with van der Waals surface area (Å²) in [6, 6.07) is 8.99. The third-order valence-electron chi connectivity index (χ3n) is 3.10. The van der Waals surface area contributed by atoms with Gasteiger partial charge in [-0.2, -0.15) is 0 Å². The van der Waals surface area contributed by atoms with Gasteiger partial charge >= 0.3 is 0 Å². The zero-order valence-electron chi connectivity index (χ0n) is 9.90. The van der Waals surface area contributed by atoms with Gasteiger partial charge in [-0.1, -0.05) is 24.3 Å². The molecule has 1 unspecified atom stereocenters. The van der Waals surface area contributed by atoms with Gasteiger partial charge in [0.2, 0.25) is 0 Å². The fraction of sp³-hybridized carbons (Fsp3) is 0.538. The molecule has 1 fully saturated rings. The van der Waals surface area contributed by atoms with E-state index in [0.29, 0.717) is 6.04 Å². The molecule has 1 aliphatic rings. The maximum Gasteiger partial charge on any atom is 0.183 e. The van der Waals surface area contributed by atoms with Gasteiger partial charge in [0.15, 0.2) is 6.29 Å². The summed E-state index contributed by atoms with van der Waals surface area (Å²) in [5, 5.41) is 3.49. The highest BCUT2D eigenvalue weighted by atomic mass is 16.7. The molecule has 1 aromatic rings. The zero-order chi connectivity index (χ0) is 11.4. The predicted octanol–water partition coefficient (Wildman–Crippen LogP) is 2.40. The van der Waals surface area contributed by atoms with Crippen LogP contribution in [0.15, 0.2) is 24.3 Å². The number of methoxy groups -OCH3 is 2. The molecule has 0 bridgehead atoms. The van der Waals surface area contributed by atoms with E-state index in [1.807, 2.05) is 0 Å². The molecule has 1 N–H and O–H groups in total. The minimum Gasteiger partial charge on any atom is -0.352 e. The zero-order valence-corrected chi connectivity index (χ0v) is 9.90. The van der Waals surface area contributed by atoms with Crippen molar-refractivity contribution in [2.45, 2.75) is 25.2 Å². The Morgan fingerprint density at radius 1 is 1.19 bits per heavy atom. The van der Waals surface area contributed by atoms with Crippen molar-refractivity contribution in [3.05, 3.63) is 35.4 Å². The lowest BCUT2D eigenvalue weighted by Gasteiger charge is -2.15. The standard InChI is InChI=1S/C13H19NO2/c1-15-13(16-2)11-7-5-10(6-8-11)12-4-3-9-14-12/h5-8,12-14H,3-4,9H2,1-2H3. The minimum absolute atomic E-state index is 0.259. The molecule has 1 heterocycles. The maximum absolute atomic E-state index is 5.21. The Morgan fingerprint density at radius 3 is 2.38 bits per heavy atom. The molecule has 0 amide bonds. The molecular weight excluding hydrogens is 202 g/mol. The van der Waals surface area contributed by atoms with E-state index in [1.54, 1.807) is 14.2 Å². The summed E-state index contributed by atoms with van der Waals surface area (Å²) in [5.41, 5.74) is 2.42. The van der Waals surface area contributed by atoms with Crippen molar-refractivity contribution < 1.29 is 9.47 Å². The van der Waals surface area contributed by atoms with Crippen LogP contribution in [0, 0.1) is 0 Å². The van der Waals surface area contributed by atoms with Gasteiger partial charge in [-0.25, -0.2) is 0 Å². The first-order chi connectivity index (χ1) is 7.85. The smallest absolute Gasteiger partial charge is 0.183 e. The van der Waals surface area contributed by atoms with E-state index in [4.69, 9.17) is 9.47 Å². The first-order valence-electron chi connectivity index (χ1n) is 5.74. The van der Waals surface area contributed by atoms with Gasteiger partial charge in [0.25, 0.3) is 0 Å². The molecule has 3 heteroatoms. The van der Waals surface area contributed by atoms with E-state index < -0.39 is 0 Å². The number of ether oxygens (including phenoxy) is 2. The average molecular weight is 221 g/mol. The number of nitrogens with one attached hydrogen (secondary N) is 1. The largest absolute Gasteiger partial charge is 0.352 e. The number of rotatable bonds is 4. The number of benzene rings is 1. The van der Waals surface area contributed by atoms with Crippen molar-refractivity contribution >= 4 is 0 Å². The van der Waals surface area contributed by atoms with Crippen LogP contribution in [0.5, 0.6) is 0 Å². The van der Waals surface area contributed by atoms with Gasteiger partial charge in [0, 0.05) is 25.8 Å². The molecule has 1 saturated heterocycles. The summed E-state index contributed by atoms with van der Waals surface area (Å²) in [6.45, 7) is 1.13. The number of hydrogen-bond acceptors (Lipinski definition) is 3. The van der Waals surface area contributed by atoms with E-state index in [-0.39, 0.29) is 6.29 Å². The van der Waals surface area contributed by atoms with Crippen LogP contribution in [0.4, 0.5) is 0 Å². The monoisotopic (exact) mass is 221 g/mol. The Labute approximate surface area is 96.8 Å². The quantitative estimate of drug-likeness (QED) is 0.792. The molecule has 0 spiro atoms. The second-order valence-corrected chi connectivity index (χ2v) is 4.12. The molecular formula is C13H19NO2. The van der Waals surface area contributed by atoms with Crippen molar-refractivity contribution in [3.63, 3.8) is 0 Å². The lowest BCUT2D eigenvalue weighted by atomic mass is 10.0. The van der Waals surface area contributed by atoms with Crippen molar-refractivity contribution in [1.29, 1.82) is 0 Å². The Bertz CT molecular complexity index is 292. The van der Waals surface area contributed by atoms with Gasteiger partial charge in [0.1, 0.15) is 0 Å². The molecule has 2 rings (SSSR count). The van der Waals surface area contributed by atoms with Crippen LogP contribution in [0.3, 0.4) is 0 Å². The molecule has 1 aliphatic heterocycles. The molecule has 1 aromatic carbocycles. The van der Waals surface area contributed by atoms with Gasteiger partial charge in [-0.3, -0.25) is 0 Å². The first kappa shape index (κ1) is 11.6. The van der Waals surface area contributed by atoms with E-state index >= 15 is 0 Å². The van der Waals surface area contributed by atoms with Crippen LogP contribution < -0.4 is 5.32 Å². The summed E-state index contributed by atoms with van der Waals surface area (Å²) in [7, 11) is 3.31. The summed E-state index contributed by atoms with van der Waals surface area (Å²) < 4.78 is 10.4. The summed E-state index contributed by atoms with van der Waals surface area (Å²) in [5.74, 6) is 0. The first-order valence-corrected chi connectivity index (χ1v) is 5.74. The highest BCUT2D eigenvalue weighted by Crippen LogP contribution is 2.25.